The summed E-state index contributed by atoms with van der Waals surface area (Å²) in [5, 5.41) is 6.68. The van der Waals surface area contributed by atoms with Crippen LogP contribution in [0.15, 0.2) is 30.6 Å². The minimum absolute atomic E-state index is 0.198. The molecule has 1 aromatic carbocycles. The molecule has 0 aliphatic carbocycles. The Balaban J connectivity index is 2.08. The van der Waals surface area contributed by atoms with E-state index >= 15 is 0 Å². The third-order valence-corrected chi connectivity index (χ3v) is 3.41. The summed E-state index contributed by atoms with van der Waals surface area (Å²) in [6.07, 6.45) is 2.91. The summed E-state index contributed by atoms with van der Waals surface area (Å²) >= 11 is 12.1. The van der Waals surface area contributed by atoms with E-state index in [2.05, 4.69) is 20.6 Å². The van der Waals surface area contributed by atoms with Gasteiger partial charge in [0.15, 0.2) is 0 Å². The second-order valence-corrected chi connectivity index (χ2v) is 5.94. The quantitative estimate of drug-likeness (QED) is 0.867. The van der Waals surface area contributed by atoms with Gasteiger partial charge in [-0.2, -0.15) is 0 Å². The lowest BCUT2D eigenvalue weighted by atomic mass is 10.2. The molecule has 0 saturated heterocycles. The topological polar surface area (TPSA) is 66.9 Å². The number of rotatable bonds is 5. The third kappa shape index (κ3) is 4.32. The molecule has 1 heterocycles. The highest BCUT2D eigenvalue weighted by atomic mass is 35.5. The normalized spacial score (nSPS) is 10.6. The van der Waals surface area contributed by atoms with Crippen LogP contribution in [0.1, 0.15) is 24.2 Å². The van der Waals surface area contributed by atoms with Crippen LogP contribution >= 0.6 is 23.2 Å². The maximum atomic E-state index is 11.9. The fraction of sp³-hybridized carbons (Fsp3) is 0.267. The highest BCUT2D eigenvalue weighted by Crippen LogP contribution is 2.31. The van der Waals surface area contributed by atoms with Crippen molar-refractivity contribution in [1.29, 1.82) is 0 Å². The van der Waals surface area contributed by atoms with Gasteiger partial charge < -0.3 is 10.6 Å². The fourth-order valence-electron chi connectivity index (χ4n) is 1.64. The van der Waals surface area contributed by atoms with Crippen molar-refractivity contribution in [2.75, 3.05) is 11.9 Å². The highest BCUT2D eigenvalue weighted by molar-refractivity contribution is 6.39. The highest BCUT2D eigenvalue weighted by Gasteiger charge is 2.10. The van der Waals surface area contributed by atoms with E-state index in [0.29, 0.717) is 39.7 Å². The fourth-order valence-corrected chi connectivity index (χ4v) is 2.13. The summed E-state index contributed by atoms with van der Waals surface area (Å²) in [4.78, 5) is 20.1. The molecular weight excluding hydrogens is 323 g/mol. The largest absolute Gasteiger partial charge is 0.352 e. The number of benzene rings is 1. The number of carbonyl (C=O) groups is 1. The molecule has 1 amide bonds. The number of carbonyl (C=O) groups excluding carboxylic acids is 1. The molecule has 116 valence electrons. The number of nitrogens with zero attached hydrogens (tertiary/aromatic N) is 2. The summed E-state index contributed by atoms with van der Waals surface area (Å²) in [5.74, 6) is 0.500. The van der Waals surface area contributed by atoms with Gasteiger partial charge in [-0.25, -0.2) is 9.97 Å². The minimum atomic E-state index is -0.198. The van der Waals surface area contributed by atoms with E-state index in [4.69, 9.17) is 23.2 Å². The Morgan fingerprint density at radius 1 is 1.18 bits per heavy atom. The molecule has 1 aromatic heterocycles. The number of nitrogens with one attached hydrogen (secondary N) is 2. The molecule has 0 spiro atoms. The van der Waals surface area contributed by atoms with Crippen molar-refractivity contribution in [3.63, 3.8) is 0 Å². The van der Waals surface area contributed by atoms with Crippen molar-refractivity contribution >= 4 is 40.7 Å². The van der Waals surface area contributed by atoms with Crippen LogP contribution in [0.4, 0.5) is 11.6 Å². The van der Waals surface area contributed by atoms with Gasteiger partial charge >= 0.3 is 0 Å². The molecule has 0 bridgehead atoms. The molecule has 5 nitrogen and oxygen atoms in total. The zero-order valence-corrected chi connectivity index (χ0v) is 13.7. The standard InChI is InChI=1S/C15H16Cl2N4O/c1-9(2)6-18-14(22)10-7-19-15(20-8-10)21-13-11(16)4-3-5-12(13)17/h3-5,7-9H,6H2,1-2H3,(H,18,22)(H,19,20,21). The first kappa shape index (κ1) is 16.5. The zero-order chi connectivity index (χ0) is 16.1. The van der Waals surface area contributed by atoms with Crippen molar-refractivity contribution in [3.8, 4) is 0 Å². The maximum absolute atomic E-state index is 11.9. The Labute approximate surface area is 139 Å². The van der Waals surface area contributed by atoms with Crippen LogP contribution in [-0.4, -0.2) is 22.4 Å². The number of hydrogen-bond donors (Lipinski definition) is 2. The van der Waals surface area contributed by atoms with Crippen LogP contribution in [0.3, 0.4) is 0 Å². The third-order valence-electron chi connectivity index (χ3n) is 2.78. The smallest absolute Gasteiger partial charge is 0.254 e. The lowest BCUT2D eigenvalue weighted by molar-refractivity contribution is 0.0948. The molecule has 0 atom stereocenters. The average molecular weight is 339 g/mol. The zero-order valence-electron chi connectivity index (χ0n) is 12.2. The van der Waals surface area contributed by atoms with Gasteiger partial charge in [-0.1, -0.05) is 43.1 Å². The molecule has 0 radical (unpaired) electrons. The van der Waals surface area contributed by atoms with Crippen molar-refractivity contribution < 1.29 is 4.79 Å². The van der Waals surface area contributed by atoms with Crippen LogP contribution in [0.2, 0.25) is 10.0 Å². The van der Waals surface area contributed by atoms with Gasteiger partial charge in [0.2, 0.25) is 5.95 Å². The number of para-hydroxylation sites is 1. The van der Waals surface area contributed by atoms with Crippen molar-refractivity contribution in [1.82, 2.24) is 15.3 Å². The Morgan fingerprint density at radius 2 is 1.77 bits per heavy atom. The molecular formula is C15H16Cl2N4O. The van der Waals surface area contributed by atoms with Gasteiger partial charge in [0, 0.05) is 18.9 Å². The molecule has 22 heavy (non-hydrogen) atoms. The molecule has 2 aromatic rings. The van der Waals surface area contributed by atoms with E-state index in [1.165, 1.54) is 12.4 Å². The second-order valence-electron chi connectivity index (χ2n) is 5.12. The van der Waals surface area contributed by atoms with Gasteiger partial charge in [0.1, 0.15) is 0 Å². The van der Waals surface area contributed by atoms with Crippen LogP contribution in [0.5, 0.6) is 0 Å². The predicted octanol–water partition coefficient (Wildman–Crippen LogP) is 3.91. The number of amides is 1. The summed E-state index contributed by atoms with van der Waals surface area (Å²) in [7, 11) is 0. The molecule has 7 heteroatoms. The van der Waals surface area contributed by atoms with Crippen LogP contribution in [-0.2, 0) is 0 Å². The van der Waals surface area contributed by atoms with Gasteiger partial charge in [-0.3, -0.25) is 4.79 Å². The van der Waals surface area contributed by atoms with Gasteiger partial charge in [0.25, 0.3) is 5.91 Å². The lowest BCUT2D eigenvalue weighted by Gasteiger charge is -2.10. The number of halogens is 2. The van der Waals surface area contributed by atoms with Crippen molar-refractivity contribution in [2.24, 2.45) is 5.92 Å². The molecule has 2 N–H and O–H groups in total. The van der Waals surface area contributed by atoms with E-state index in [9.17, 15) is 4.79 Å². The van der Waals surface area contributed by atoms with Crippen LogP contribution < -0.4 is 10.6 Å². The second kappa shape index (κ2) is 7.42. The number of hydrogen-bond acceptors (Lipinski definition) is 4. The summed E-state index contributed by atoms with van der Waals surface area (Å²) in [5.41, 5.74) is 0.930. The van der Waals surface area contributed by atoms with Crippen molar-refractivity contribution in [2.45, 2.75) is 13.8 Å². The van der Waals surface area contributed by atoms with E-state index in [-0.39, 0.29) is 5.91 Å². The van der Waals surface area contributed by atoms with Gasteiger partial charge in [-0.05, 0) is 18.1 Å². The van der Waals surface area contributed by atoms with E-state index < -0.39 is 0 Å². The SMILES string of the molecule is CC(C)CNC(=O)c1cnc(Nc2c(Cl)cccc2Cl)nc1. The van der Waals surface area contributed by atoms with E-state index in [1.807, 2.05) is 13.8 Å². The Kier molecular flexibility index (Phi) is 5.57. The molecule has 0 fully saturated rings. The first-order valence-electron chi connectivity index (χ1n) is 6.78. The Morgan fingerprint density at radius 3 is 2.32 bits per heavy atom. The van der Waals surface area contributed by atoms with Gasteiger partial charge in [-0.15, -0.1) is 0 Å². The first-order valence-corrected chi connectivity index (χ1v) is 7.54. The van der Waals surface area contributed by atoms with Crippen LogP contribution in [0, 0.1) is 5.92 Å². The predicted molar refractivity (Wildman–Crippen MR) is 88.9 cm³/mol. The van der Waals surface area contributed by atoms with Gasteiger partial charge in [0.05, 0.1) is 21.3 Å². The van der Waals surface area contributed by atoms with E-state index in [0.717, 1.165) is 0 Å². The minimum Gasteiger partial charge on any atom is -0.352 e. The summed E-state index contributed by atoms with van der Waals surface area (Å²) < 4.78 is 0. The molecule has 0 aliphatic rings. The van der Waals surface area contributed by atoms with E-state index in [1.54, 1.807) is 18.2 Å². The Bertz CT molecular complexity index is 639. The first-order chi connectivity index (χ1) is 10.5. The molecule has 0 aliphatic heterocycles. The van der Waals surface area contributed by atoms with Crippen molar-refractivity contribution in [3.05, 3.63) is 46.2 Å². The maximum Gasteiger partial charge on any atom is 0.254 e. The van der Waals surface area contributed by atoms with Crippen LogP contribution in [0.25, 0.3) is 0 Å². The number of anilines is 2. The lowest BCUT2D eigenvalue weighted by Crippen LogP contribution is -2.27. The molecule has 0 unspecified atom stereocenters. The molecule has 0 saturated carbocycles. The Hall–Kier alpha value is -1.85. The monoisotopic (exact) mass is 338 g/mol. The number of aromatic nitrogens is 2. The summed E-state index contributed by atoms with van der Waals surface area (Å²) in [6.45, 7) is 4.66. The molecule has 2 rings (SSSR count). The average Bonchev–Trinajstić information content (AvgIpc) is 2.49. The summed E-state index contributed by atoms with van der Waals surface area (Å²) in [6, 6.07) is 5.17.